The molecule has 7 heteroatoms. The zero-order valence-electron chi connectivity index (χ0n) is 24.8. The number of fused-ring (bicyclic) bond motifs is 6. The first-order chi connectivity index (χ1) is 18.8. The second-order valence-corrected chi connectivity index (χ2v) is 10.7. The van der Waals surface area contributed by atoms with Gasteiger partial charge < -0.3 is 15.5 Å². The van der Waals surface area contributed by atoms with Crippen molar-refractivity contribution in [2.75, 3.05) is 0 Å². The molecule has 0 aromatic carbocycles. The SMILES string of the molecule is CCC1=C(C)/C2=C/c3[n-]c(c(C)c3CC)/C=C3\N=C(C(C)=C3CC)C(/C=N/O)C3[N-]/C(=C\C1=N2)C(C)=C3CC.[Ni+2]. The van der Waals surface area contributed by atoms with E-state index in [0.29, 0.717) is 0 Å². The summed E-state index contributed by atoms with van der Waals surface area (Å²) in [7, 11) is 0. The number of nitrogens with zero attached hydrogens (tertiary/aromatic N) is 5. The van der Waals surface area contributed by atoms with Gasteiger partial charge in [0.25, 0.3) is 0 Å². The molecule has 0 spiro atoms. The number of aromatic nitrogens is 1. The van der Waals surface area contributed by atoms with E-state index < -0.39 is 0 Å². The summed E-state index contributed by atoms with van der Waals surface area (Å²) in [6, 6.07) is -0.180. The Kier molecular flexibility index (Phi) is 8.75. The summed E-state index contributed by atoms with van der Waals surface area (Å²) in [6.45, 7) is 17.3. The van der Waals surface area contributed by atoms with E-state index in [-0.39, 0.29) is 28.5 Å². The number of hydrogen-bond donors (Lipinski definition) is 1. The maximum absolute atomic E-state index is 9.76. The van der Waals surface area contributed by atoms with Crippen LogP contribution in [0.4, 0.5) is 0 Å². The van der Waals surface area contributed by atoms with Gasteiger partial charge in [0.1, 0.15) is 0 Å². The third-order valence-electron chi connectivity index (χ3n) is 8.81. The fraction of sp³-hybridized carbons (Fsp3) is 0.424. The van der Waals surface area contributed by atoms with Crippen LogP contribution >= 0.6 is 0 Å². The summed E-state index contributed by atoms with van der Waals surface area (Å²) in [5.74, 6) is -0.273. The summed E-state index contributed by atoms with van der Waals surface area (Å²) in [4.78, 5) is 15.4. The van der Waals surface area contributed by atoms with E-state index in [4.69, 9.17) is 20.3 Å². The smallest absolute Gasteiger partial charge is 0.677 e. The molecule has 2 atom stereocenters. The Morgan fingerprint density at radius 2 is 1.52 bits per heavy atom. The fourth-order valence-corrected chi connectivity index (χ4v) is 6.58. The van der Waals surface area contributed by atoms with Gasteiger partial charge in [-0.1, -0.05) is 74.2 Å². The van der Waals surface area contributed by atoms with Gasteiger partial charge in [0.15, 0.2) is 0 Å². The molecule has 4 aliphatic heterocycles. The van der Waals surface area contributed by atoms with Gasteiger partial charge >= 0.3 is 16.5 Å². The second-order valence-electron chi connectivity index (χ2n) is 10.7. The predicted octanol–water partition coefficient (Wildman–Crippen LogP) is 8.01. The van der Waals surface area contributed by atoms with Crippen LogP contribution < -0.4 is 4.98 Å². The van der Waals surface area contributed by atoms with E-state index in [9.17, 15) is 5.21 Å². The van der Waals surface area contributed by atoms with E-state index in [1.54, 1.807) is 6.21 Å². The fourth-order valence-electron chi connectivity index (χ4n) is 6.58. The van der Waals surface area contributed by atoms with E-state index in [2.05, 4.69) is 78.8 Å². The standard InChI is InChI=1S/C33H39N5O.Ni/c1-9-21-18(6)27-14-31-23(11-3)20(8)32(38-31)25(16-34-39)33-24(12-4)19(7)28(37-33)15-30-22(10-2)17(5)26(35-30)13-29(21)36-27;/h13-16,25,33,39H,9-12H2,1-8H3;/q-2;+2/b26-13-,28-15-,31-14-,34-16+;. The minimum atomic E-state index is -0.273. The Hall–Kier alpha value is -3.18. The van der Waals surface area contributed by atoms with Crippen LogP contribution in [0.1, 0.15) is 90.2 Å². The largest absolute Gasteiger partial charge is 2.00 e. The molecular formula is C33H39N5NiO. The van der Waals surface area contributed by atoms with Crippen molar-refractivity contribution in [3.8, 4) is 0 Å². The van der Waals surface area contributed by atoms with Crippen LogP contribution in [0.15, 0.2) is 71.7 Å². The molecular weight excluding hydrogens is 541 g/mol. The molecule has 5 rings (SSSR count). The first kappa shape index (κ1) is 29.8. The first-order valence-corrected chi connectivity index (χ1v) is 14.3. The van der Waals surface area contributed by atoms with Crippen molar-refractivity contribution in [3.05, 3.63) is 84.4 Å². The Bertz CT molecular complexity index is 1520. The molecule has 8 bridgehead atoms. The zero-order chi connectivity index (χ0) is 28.0. The predicted molar refractivity (Wildman–Crippen MR) is 163 cm³/mol. The molecule has 4 aliphatic rings. The molecule has 0 saturated heterocycles. The molecule has 212 valence electrons. The number of hydrogen-bond acceptors (Lipinski definition) is 4. The Labute approximate surface area is 248 Å². The van der Waals surface area contributed by atoms with E-state index in [0.717, 1.165) is 71.2 Å². The molecule has 1 N–H and O–H groups in total. The summed E-state index contributed by atoms with van der Waals surface area (Å²) in [5.41, 5.74) is 16.3. The maximum Gasteiger partial charge on any atom is 2.00 e. The van der Waals surface area contributed by atoms with Gasteiger partial charge in [-0.15, -0.1) is 22.2 Å². The van der Waals surface area contributed by atoms with Gasteiger partial charge in [-0.2, -0.15) is 0 Å². The molecule has 1 aromatic rings. The van der Waals surface area contributed by atoms with Crippen molar-refractivity contribution in [2.24, 2.45) is 21.1 Å². The normalized spacial score (nSPS) is 26.2. The third kappa shape index (κ3) is 4.73. The molecule has 0 saturated carbocycles. The van der Waals surface area contributed by atoms with Crippen LogP contribution in [-0.2, 0) is 22.9 Å². The van der Waals surface area contributed by atoms with Crippen molar-refractivity contribution < 1.29 is 21.7 Å². The summed E-state index contributed by atoms with van der Waals surface area (Å²) in [5, 5.41) is 18.5. The van der Waals surface area contributed by atoms with Gasteiger partial charge in [0.05, 0.1) is 29.0 Å². The molecule has 0 aliphatic carbocycles. The maximum atomic E-state index is 9.76. The topological polar surface area (TPSA) is 85.5 Å². The van der Waals surface area contributed by atoms with Crippen LogP contribution in [0.25, 0.3) is 17.5 Å². The van der Waals surface area contributed by atoms with Gasteiger partial charge in [-0.25, -0.2) is 4.99 Å². The second kappa shape index (κ2) is 11.7. The van der Waals surface area contributed by atoms with Crippen LogP contribution in [-0.4, -0.2) is 28.9 Å². The van der Waals surface area contributed by atoms with Gasteiger partial charge in [0, 0.05) is 5.92 Å². The Morgan fingerprint density at radius 1 is 0.825 bits per heavy atom. The van der Waals surface area contributed by atoms with Crippen LogP contribution in [0.3, 0.4) is 0 Å². The quantitative estimate of drug-likeness (QED) is 0.166. The molecule has 6 nitrogen and oxygen atoms in total. The first-order valence-electron chi connectivity index (χ1n) is 14.3. The molecule has 0 amide bonds. The average Bonchev–Trinajstić information content (AvgIpc) is 3.59. The van der Waals surface area contributed by atoms with Gasteiger partial charge in [0.2, 0.25) is 0 Å². The van der Waals surface area contributed by atoms with Crippen molar-refractivity contribution >= 4 is 29.8 Å². The molecule has 0 radical (unpaired) electrons. The van der Waals surface area contributed by atoms with Crippen molar-refractivity contribution in [2.45, 2.75) is 87.1 Å². The van der Waals surface area contributed by atoms with Crippen LogP contribution in [0.2, 0.25) is 0 Å². The molecule has 0 fully saturated rings. The van der Waals surface area contributed by atoms with Gasteiger partial charge in [-0.05, 0) is 75.7 Å². The van der Waals surface area contributed by atoms with Crippen LogP contribution in [0, 0.1) is 12.8 Å². The number of aliphatic imine (C=N–C) groups is 2. The van der Waals surface area contributed by atoms with E-state index in [1.807, 2.05) is 0 Å². The van der Waals surface area contributed by atoms with Crippen molar-refractivity contribution in [1.29, 1.82) is 0 Å². The van der Waals surface area contributed by atoms with E-state index >= 15 is 0 Å². The average molecular weight is 580 g/mol. The number of rotatable bonds is 5. The van der Waals surface area contributed by atoms with Crippen molar-refractivity contribution in [3.63, 3.8) is 0 Å². The van der Waals surface area contributed by atoms with E-state index in [1.165, 1.54) is 39.0 Å². The van der Waals surface area contributed by atoms with Crippen molar-refractivity contribution in [1.82, 2.24) is 4.98 Å². The molecule has 2 unspecified atom stereocenters. The zero-order valence-corrected chi connectivity index (χ0v) is 25.8. The molecule has 1 aromatic heterocycles. The Balaban J connectivity index is 0.00000370. The number of oxime groups is 1. The number of allylic oxidation sites excluding steroid dienone is 6. The third-order valence-corrected chi connectivity index (χ3v) is 8.81. The summed E-state index contributed by atoms with van der Waals surface area (Å²) >= 11 is 0. The van der Waals surface area contributed by atoms with Crippen LogP contribution in [0.5, 0.6) is 0 Å². The molecule has 5 heterocycles. The minimum Gasteiger partial charge on any atom is -0.677 e. The van der Waals surface area contributed by atoms with Gasteiger partial charge in [-0.3, -0.25) is 4.99 Å². The summed E-state index contributed by atoms with van der Waals surface area (Å²) in [6.07, 6.45) is 11.5. The molecule has 40 heavy (non-hydrogen) atoms. The summed E-state index contributed by atoms with van der Waals surface area (Å²) < 4.78 is 0. The monoisotopic (exact) mass is 579 g/mol. The minimum absolute atomic E-state index is 0. The Morgan fingerprint density at radius 3 is 2.15 bits per heavy atom.